The summed E-state index contributed by atoms with van der Waals surface area (Å²) in [5.41, 5.74) is 1.29. The van der Waals surface area contributed by atoms with Gasteiger partial charge in [-0.25, -0.2) is 4.99 Å². The summed E-state index contributed by atoms with van der Waals surface area (Å²) >= 11 is 0. The van der Waals surface area contributed by atoms with Crippen LogP contribution in [0.2, 0.25) is 0 Å². The summed E-state index contributed by atoms with van der Waals surface area (Å²) in [6.45, 7) is 5.20. The number of hydrogen-bond donors (Lipinski definition) is 2. The molecule has 0 aliphatic carbocycles. The minimum atomic E-state index is 0.0106. The van der Waals surface area contributed by atoms with Gasteiger partial charge >= 0.3 is 0 Å². The van der Waals surface area contributed by atoms with Crippen molar-refractivity contribution in [3.8, 4) is 0 Å². The molecule has 0 spiro atoms. The fourth-order valence-electron chi connectivity index (χ4n) is 2.80. The van der Waals surface area contributed by atoms with Crippen LogP contribution >= 0.6 is 0 Å². The molecule has 6 heteroatoms. The number of nitrogens with zero attached hydrogens (tertiary/aromatic N) is 3. The first-order valence-electron chi connectivity index (χ1n) is 9.15. The summed E-state index contributed by atoms with van der Waals surface area (Å²) in [6.07, 6.45) is 3.14. The zero-order valence-electron chi connectivity index (χ0n) is 15.7. The molecule has 1 aromatic carbocycles. The number of aliphatic imine (C=N–C) groups is 1. The molecule has 0 saturated carbocycles. The molecule has 1 aliphatic heterocycles. The van der Waals surface area contributed by atoms with Gasteiger partial charge in [0.25, 0.3) is 0 Å². The van der Waals surface area contributed by atoms with Crippen molar-refractivity contribution in [3.05, 3.63) is 30.3 Å². The number of anilines is 1. The van der Waals surface area contributed by atoms with Gasteiger partial charge in [-0.05, 0) is 31.4 Å². The molecule has 1 fully saturated rings. The molecule has 0 radical (unpaired) electrons. The molecule has 1 amide bonds. The molecule has 0 unspecified atom stereocenters. The lowest BCUT2D eigenvalue weighted by Crippen LogP contribution is -2.49. The maximum Gasteiger partial charge on any atom is 0.243 e. The quantitative estimate of drug-likeness (QED) is 0.608. The second-order valence-electron chi connectivity index (χ2n) is 6.62. The average molecular weight is 345 g/mol. The van der Waals surface area contributed by atoms with E-state index in [2.05, 4.69) is 57.8 Å². The number of amides is 1. The SMILES string of the molecule is CCCNC(=NCC(=O)N(C)C)NC1CCN(c2ccccc2)CC1. The molecule has 0 bridgehead atoms. The van der Waals surface area contributed by atoms with Crippen LogP contribution in [0.3, 0.4) is 0 Å². The van der Waals surface area contributed by atoms with Crippen LogP contribution in [0, 0.1) is 0 Å². The van der Waals surface area contributed by atoms with Crippen molar-refractivity contribution in [2.75, 3.05) is 45.2 Å². The Bertz CT molecular complexity index is 550. The van der Waals surface area contributed by atoms with Crippen LogP contribution in [-0.2, 0) is 4.79 Å². The van der Waals surface area contributed by atoms with E-state index in [0.717, 1.165) is 44.9 Å². The lowest BCUT2D eigenvalue weighted by atomic mass is 10.0. The van der Waals surface area contributed by atoms with E-state index in [1.165, 1.54) is 5.69 Å². The fourth-order valence-corrected chi connectivity index (χ4v) is 2.80. The maximum atomic E-state index is 11.8. The van der Waals surface area contributed by atoms with Gasteiger partial charge in [0.05, 0.1) is 0 Å². The van der Waals surface area contributed by atoms with Crippen molar-refractivity contribution in [2.45, 2.75) is 32.2 Å². The van der Waals surface area contributed by atoms with Crippen LogP contribution in [0.5, 0.6) is 0 Å². The number of guanidine groups is 1. The van der Waals surface area contributed by atoms with Crippen LogP contribution in [0.15, 0.2) is 35.3 Å². The summed E-state index contributed by atoms with van der Waals surface area (Å²) < 4.78 is 0. The number of carbonyl (C=O) groups excluding carboxylic acids is 1. The molecule has 1 aliphatic rings. The van der Waals surface area contributed by atoms with E-state index in [4.69, 9.17) is 0 Å². The number of likely N-dealkylation sites (N-methyl/N-ethyl adjacent to an activating group) is 1. The van der Waals surface area contributed by atoms with Gasteiger partial charge in [0.15, 0.2) is 5.96 Å². The molecule has 25 heavy (non-hydrogen) atoms. The van der Waals surface area contributed by atoms with Gasteiger partial charge in [0.2, 0.25) is 5.91 Å². The largest absolute Gasteiger partial charge is 0.371 e. The highest BCUT2D eigenvalue weighted by molar-refractivity contribution is 5.84. The Kier molecular flexibility index (Phi) is 7.57. The van der Waals surface area contributed by atoms with Gasteiger partial charge < -0.3 is 20.4 Å². The highest BCUT2D eigenvalue weighted by atomic mass is 16.2. The van der Waals surface area contributed by atoms with Gasteiger partial charge in [-0.1, -0.05) is 25.1 Å². The number of benzene rings is 1. The molecule has 138 valence electrons. The van der Waals surface area contributed by atoms with Crippen LogP contribution in [0.1, 0.15) is 26.2 Å². The number of para-hydroxylation sites is 1. The Morgan fingerprint density at radius 3 is 2.52 bits per heavy atom. The maximum absolute atomic E-state index is 11.8. The summed E-state index contributed by atoms with van der Waals surface area (Å²) in [7, 11) is 3.51. The molecule has 0 atom stereocenters. The lowest BCUT2D eigenvalue weighted by Gasteiger charge is -2.34. The van der Waals surface area contributed by atoms with Crippen molar-refractivity contribution >= 4 is 17.6 Å². The van der Waals surface area contributed by atoms with Gasteiger partial charge in [0.1, 0.15) is 6.54 Å². The van der Waals surface area contributed by atoms with Gasteiger partial charge in [0, 0.05) is 45.5 Å². The van der Waals surface area contributed by atoms with Crippen LogP contribution in [0.25, 0.3) is 0 Å². The molecule has 2 N–H and O–H groups in total. The molecule has 2 rings (SSSR count). The summed E-state index contributed by atoms with van der Waals surface area (Å²) in [5.74, 6) is 0.756. The number of carbonyl (C=O) groups is 1. The number of rotatable bonds is 6. The van der Waals surface area contributed by atoms with E-state index in [9.17, 15) is 4.79 Å². The zero-order chi connectivity index (χ0) is 18.1. The van der Waals surface area contributed by atoms with E-state index in [1.807, 2.05) is 0 Å². The molecule has 0 aromatic heterocycles. The molecule has 1 saturated heterocycles. The number of nitrogens with one attached hydrogen (secondary N) is 2. The molecule has 1 heterocycles. The summed E-state index contributed by atoms with van der Waals surface area (Å²) in [5, 5.41) is 6.81. The van der Waals surface area contributed by atoms with Crippen LogP contribution in [0.4, 0.5) is 5.69 Å². The number of hydrogen-bond acceptors (Lipinski definition) is 3. The summed E-state index contributed by atoms with van der Waals surface area (Å²) in [6, 6.07) is 10.9. The Morgan fingerprint density at radius 1 is 1.24 bits per heavy atom. The second kappa shape index (κ2) is 9.91. The predicted molar refractivity (Wildman–Crippen MR) is 104 cm³/mol. The number of piperidine rings is 1. The smallest absolute Gasteiger partial charge is 0.243 e. The van der Waals surface area contributed by atoms with Crippen molar-refractivity contribution in [1.29, 1.82) is 0 Å². The van der Waals surface area contributed by atoms with E-state index in [-0.39, 0.29) is 12.5 Å². The monoisotopic (exact) mass is 345 g/mol. The first-order valence-corrected chi connectivity index (χ1v) is 9.15. The molecular formula is C19H31N5O. The first kappa shape index (κ1) is 19.1. The third-order valence-electron chi connectivity index (χ3n) is 4.37. The van der Waals surface area contributed by atoms with E-state index in [1.54, 1.807) is 19.0 Å². The third-order valence-corrected chi connectivity index (χ3v) is 4.37. The van der Waals surface area contributed by atoms with Gasteiger partial charge in [-0.15, -0.1) is 0 Å². The van der Waals surface area contributed by atoms with Crippen molar-refractivity contribution in [1.82, 2.24) is 15.5 Å². The third kappa shape index (κ3) is 6.29. The average Bonchev–Trinajstić information content (AvgIpc) is 2.64. The Hall–Kier alpha value is -2.24. The minimum Gasteiger partial charge on any atom is -0.371 e. The van der Waals surface area contributed by atoms with Gasteiger partial charge in [-0.2, -0.15) is 0 Å². The Morgan fingerprint density at radius 2 is 1.92 bits per heavy atom. The van der Waals surface area contributed by atoms with Crippen molar-refractivity contribution in [3.63, 3.8) is 0 Å². The normalized spacial score (nSPS) is 15.8. The molecule has 1 aromatic rings. The van der Waals surface area contributed by atoms with Crippen molar-refractivity contribution < 1.29 is 4.79 Å². The molecule has 6 nitrogen and oxygen atoms in total. The van der Waals surface area contributed by atoms with E-state index >= 15 is 0 Å². The van der Waals surface area contributed by atoms with Crippen LogP contribution < -0.4 is 15.5 Å². The fraction of sp³-hybridized carbons (Fsp3) is 0.579. The highest BCUT2D eigenvalue weighted by Gasteiger charge is 2.20. The minimum absolute atomic E-state index is 0.0106. The van der Waals surface area contributed by atoms with E-state index in [0.29, 0.717) is 6.04 Å². The van der Waals surface area contributed by atoms with Crippen LogP contribution in [-0.4, -0.2) is 63.1 Å². The topological polar surface area (TPSA) is 60.0 Å². The van der Waals surface area contributed by atoms with Gasteiger partial charge in [-0.3, -0.25) is 4.79 Å². The predicted octanol–water partition coefficient (Wildman–Crippen LogP) is 1.69. The Labute approximate surface area is 151 Å². The second-order valence-corrected chi connectivity index (χ2v) is 6.62. The van der Waals surface area contributed by atoms with Crippen molar-refractivity contribution in [2.24, 2.45) is 4.99 Å². The first-order chi connectivity index (χ1) is 12.1. The standard InChI is InChI=1S/C19H31N5O/c1-4-12-20-19(21-15-18(25)23(2)3)22-16-10-13-24(14-11-16)17-8-6-5-7-9-17/h5-9,16H,4,10-15H2,1-3H3,(H2,20,21,22). The summed E-state index contributed by atoms with van der Waals surface area (Å²) in [4.78, 5) is 20.2. The Balaban J connectivity index is 1.87. The zero-order valence-corrected chi connectivity index (χ0v) is 15.7. The lowest BCUT2D eigenvalue weighted by molar-refractivity contribution is -0.127. The van der Waals surface area contributed by atoms with E-state index < -0.39 is 0 Å². The molecular weight excluding hydrogens is 314 g/mol. The highest BCUT2D eigenvalue weighted by Crippen LogP contribution is 2.19.